The van der Waals surface area contributed by atoms with Crippen LogP contribution in [-0.4, -0.2) is 16.9 Å². The SMILES string of the molecule is CC(C)(C)C[C@H](ON1C(=O)c2ccccc2C1=O)c1ccccc1. The first-order valence-electron chi connectivity index (χ1n) is 8.06. The van der Waals surface area contributed by atoms with E-state index in [1.54, 1.807) is 24.3 Å². The zero-order valence-corrected chi connectivity index (χ0v) is 14.2. The smallest absolute Gasteiger partial charge is 0.266 e. The average molecular weight is 323 g/mol. The molecule has 2 amide bonds. The lowest BCUT2D eigenvalue weighted by Gasteiger charge is -2.28. The molecule has 24 heavy (non-hydrogen) atoms. The van der Waals surface area contributed by atoms with Crippen LogP contribution in [0, 0.1) is 5.41 Å². The molecule has 1 aliphatic heterocycles. The van der Waals surface area contributed by atoms with E-state index >= 15 is 0 Å². The van der Waals surface area contributed by atoms with E-state index in [0.29, 0.717) is 17.5 Å². The fourth-order valence-corrected chi connectivity index (χ4v) is 2.83. The minimum absolute atomic E-state index is 0.0147. The Kier molecular flexibility index (Phi) is 4.24. The predicted molar refractivity (Wildman–Crippen MR) is 91.3 cm³/mol. The van der Waals surface area contributed by atoms with Crippen LogP contribution in [0.3, 0.4) is 0 Å². The van der Waals surface area contributed by atoms with Crippen molar-refractivity contribution in [1.82, 2.24) is 5.06 Å². The molecule has 0 bridgehead atoms. The van der Waals surface area contributed by atoms with E-state index in [-0.39, 0.29) is 11.5 Å². The van der Waals surface area contributed by atoms with Crippen molar-refractivity contribution in [3.05, 3.63) is 71.3 Å². The normalized spacial score (nSPS) is 15.5. The van der Waals surface area contributed by atoms with Crippen LogP contribution < -0.4 is 0 Å². The fourth-order valence-electron chi connectivity index (χ4n) is 2.83. The van der Waals surface area contributed by atoms with E-state index < -0.39 is 11.8 Å². The van der Waals surface area contributed by atoms with Gasteiger partial charge in [0.1, 0.15) is 6.10 Å². The van der Waals surface area contributed by atoms with Crippen molar-refractivity contribution in [2.45, 2.75) is 33.3 Å². The minimum atomic E-state index is -0.398. The molecule has 2 aromatic carbocycles. The Balaban J connectivity index is 1.89. The summed E-state index contributed by atoms with van der Waals surface area (Å²) in [7, 11) is 0. The van der Waals surface area contributed by atoms with Crippen molar-refractivity contribution in [3.63, 3.8) is 0 Å². The molecule has 0 unspecified atom stereocenters. The lowest BCUT2D eigenvalue weighted by Crippen LogP contribution is -2.32. The van der Waals surface area contributed by atoms with Gasteiger partial charge in [0.05, 0.1) is 11.1 Å². The Morgan fingerprint density at radius 3 is 1.88 bits per heavy atom. The molecule has 2 aromatic rings. The Morgan fingerprint density at radius 1 is 0.875 bits per heavy atom. The van der Waals surface area contributed by atoms with Gasteiger partial charge in [0.2, 0.25) is 0 Å². The van der Waals surface area contributed by atoms with Crippen LogP contribution in [0.2, 0.25) is 0 Å². The molecule has 4 nitrogen and oxygen atoms in total. The minimum Gasteiger partial charge on any atom is -0.266 e. The highest BCUT2D eigenvalue weighted by Crippen LogP contribution is 2.35. The zero-order chi connectivity index (χ0) is 17.3. The summed E-state index contributed by atoms with van der Waals surface area (Å²) in [5, 5.41) is 0.911. The van der Waals surface area contributed by atoms with Gasteiger partial charge >= 0.3 is 0 Å². The van der Waals surface area contributed by atoms with Gasteiger partial charge < -0.3 is 0 Å². The zero-order valence-electron chi connectivity index (χ0n) is 14.2. The summed E-state index contributed by atoms with van der Waals surface area (Å²) < 4.78 is 0. The Hall–Kier alpha value is -2.46. The molecule has 0 N–H and O–H groups in total. The van der Waals surface area contributed by atoms with E-state index in [9.17, 15) is 9.59 Å². The van der Waals surface area contributed by atoms with Gasteiger partial charge in [-0.05, 0) is 29.5 Å². The van der Waals surface area contributed by atoms with Crippen molar-refractivity contribution in [3.8, 4) is 0 Å². The second-order valence-corrected chi connectivity index (χ2v) is 7.22. The number of nitrogens with zero attached hydrogens (tertiary/aromatic N) is 1. The van der Waals surface area contributed by atoms with Crippen LogP contribution in [0.5, 0.6) is 0 Å². The van der Waals surface area contributed by atoms with Crippen LogP contribution >= 0.6 is 0 Å². The van der Waals surface area contributed by atoms with Crippen LogP contribution in [0.4, 0.5) is 0 Å². The second kappa shape index (κ2) is 6.21. The summed E-state index contributed by atoms with van der Waals surface area (Å²) in [4.78, 5) is 31.0. The van der Waals surface area contributed by atoms with E-state index in [1.807, 2.05) is 30.3 Å². The summed E-state index contributed by atoms with van der Waals surface area (Å²) in [6.45, 7) is 6.32. The molecule has 124 valence electrons. The highest BCUT2D eigenvalue weighted by atomic mass is 16.7. The number of amides is 2. The van der Waals surface area contributed by atoms with E-state index in [1.165, 1.54) is 0 Å². The second-order valence-electron chi connectivity index (χ2n) is 7.22. The number of hydrogen-bond donors (Lipinski definition) is 0. The summed E-state index contributed by atoms with van der Waals surface area (Å²) >= 11 is 0. The lowest BCUT2D eigenvalue weighted by molar-refractivity contribution is -0.143. The largest absolute Gasteiger partial charge is 0.285 e. The summed E-state index contributed by atoms with van der Waals surface area (Å²) in [6, 6.07) is 16.5. The molecule has 1 atom stereocenters. The van der Waals surface area contributed by atoms with Gasteiger partial charge in [-0.3, -0.25) is 14.4 Å². The molecular weight excluding hydrogens is 302 g/mol. The van der Waals surface area contributed by atoms with E-state index in [0.717, 1.165) is 10.6 Å². The molecule has 1 aliphatic rings. The quantitative estimate of drug-likeness (QED) is 0.784. The Labute approximate surface area is 142 Å². The average Bonchev–Trinajstić information content (AvgIpc) is 2.79. The molecule has 0 aliphatic carbocycles. The first-order chi connectivity index (χ1) is 11.4. The number of hydroxylamine groups is 2. The molecule has 4 heteroatoms. The maximum absolute atomic E-state index is 12.5. The van der Waals surface area contributed by atoms with Gasteiger partial charge in [-0.25, -0.2) is 0 Å². The van der Waals surface area contributed by atoms with E-state index in [2.05, 4.69) is 20.8 Å². The van der Waals surface area contributed by atoms with E-state index in [4.69, 9.17) is 4.84 Å². The first kappa shape index (κ1) is 16.4. The fraction of sp³-hybridized carbons (Fsp3) is 0.300. The number of carbonyl (C=O) groups is 2. The number of imide groups is 1. The summed E-state index contributed by atoms with van der Waals surface area (Å²) in [5.41, 5.74) is 1.72. The predicted octanol–water partition coefficient (Wildman–Crippen LogP) is 4.39. The van der Waals surface area contributed by atoms with Crippen molar-refractivity contribution in [2.24, 2.45) is 5.41 Å². The maximum Gasteiger partial charge on any atom is 0.285 e. The molecule has 0 saturated heterocycles. The molecule has 0 saturated carbocycles. The molecular formula is C20H21NO3. The number of benzene rings is 2. The number of carbonyl (C=O) groups excluding carboxylic acids is 2. The topological polar surface area (TPSA) is 46.6 Å². The number of fused-ring (bicyclic) bond motifs is 1. The van der Waals surface area contributed by atoms with Crippen molar-refractivity contribution in [1.29, 1.82) is 0 Å². The van der Waals surface area contributed by atoms with Crippen molar-refractivity contribution in [2.75, 3.05) is 0 Å². The van der Waals surface area contributed by atoms with Crippen LogP contribution in [0.15, 0.2) is 54.6 Å². The molecule has 0 radical (unpaired) electrons. The van der Waals surface area contributed by atoms with Gasteiger partial charge in [-0.1, -0.05) is 63.2 Å². The molecule has 1 heterocycles. The monoisotopic (exact) mass is 323 g/mol. The number of rotatable bonds is 4. The van der Waals surface area contributed by atoms with Gasteiger partial charge in [0, 0.05) is 0 Å². The Bertz CT molecular complexity index is 727. The number of hydrogen-bond acceptors (Lipinski definition) is 3. The maximum atomic E-state index is 12.5. The summed E-state index contributed by atoms with van der Waals surface area (Å²) in [6.07, 6.45) is 0.318. The van der Waals surface area contributed by atoms with Crippen LogP contribution in [-0.2, 0) is 4.84 Å². The van der Waals surface area contributed by atoms with Gasteiger partial charge in [-0.2, -0.15) is 0 Å². The van der Waals surface area contributed by atoms with Crippen molar-refractivity contribution < 1.29 is 14.4 Å². The third-order valence-corrected chi connectivity index (χ3v) is 3.96. The molecule has 0 fully saturated rings. The van der Waals surface area contributed by atoms with Gasteiger partial charge in [0.25, 0.3) is 11.8 Å². The molecule has 0 spiro atoms. The first-order valence-corrected chi connectivity index (χ1v) is 8.06. The highest BCUT2D eigenvalue weighted by Gasteiger charge is 2.38. The van der Waals surface area contributed by atoms with Crippen molar-refractivity contribution >= 4 is 11.8 Å². The molecule has 0 aromatic heterocycles. The highest BCUT2D eigenvalue weighted by molar-refractivity contribution is 6.20. The lowest BCUT2D eigenvalue weighted by atomic mass is 9.87. The van der Waals surface area contributed by atoms with Crippen LogP contribution in [0.1, 0.15) is 59.6 Å². The van der Waals surface area contributed by atoms with Gasteiger partial charge in [-0.15, -0.1) is 5.06 Å². The third kappa shape index (κ3) is 3.24. The van der Waals surface area contributed by atoms with Crippen LogP contribution in [0.25, 0.3) is 0 Å². The van der Waals surface area contributed by atoms with Gasteiger partial charge in [0.15, 0.2) is 0 Å². The summed E-state index contributed by atoms with van der Waals surface area (Å²) in [5.74, 6) is -0.795. The Morgan fingerprint density at radius 2 is 1.38 bits per heavy atom. The third-order valence-electron chi connectivity index (χ3n) is 3.96. The molecule has 3 rings (SSSR count). The standard InChI is InChI=1S/C20H21NO3/c1-20(2,3)13-17(14-9-5-4-6-10-14)24-21-18(22)15-11-7-8-12-16(15)19(21)23/h4-12,17H,13H2,1-3H3/t17-/m0/s1.